The molecule has 19 heavy (non-hydrogen) atoms. The number of carbonyl (C=O) groups excluding carboxylic acids is 1. The van der Waals surface area contributed by atoms with Crippen molar-refractivity contribution in [3.63, 3.8) is 0 Å². The maximum Gasteiger partial charge on any atom is 0.242 e. The molecule has 1 saturated carbocycles. The smallest absolute Gasteiger partial charge is 0.242 e. The van der Waals surface area contributed by atoms with Crippen molar-refractivity contribution in [2.45, 2.75) is 64.5 Å². The quantitative estimate of drug-likeness (QED) is 0.395. The molecule has 0 heterocycles. The summed E-state index contributed by atoms with van der Waals surface area (Å²) < 4.78 is 0. The fourth-order valence-electron chi connectivity index (χ4n) is 2.10. The largest absolute Gasteiger partial charge is 0.370 e. The highest BCUT2D eigenvalue weighted by atomic mass is 127. The van der Waals surface area contributed by atoms with Crippen molar-refractivity contribution in [3.05, 3.63) is 0 Å². The van der Waals surface area contributed by atoms with E-state index < -0.39 is 0 Å². The Bertz CT molecular complexity index is 306. The predicted octanol–water partition coefficient (Wildman–Crippen LogP) is 1.76. The Hall–Kier alpha value is -0.530. The molecule has 1 aliphatic carbocycles. The van der Waals surface area contributed by atoms with E-state index >= 15 is 0 Å². The van der Waals surface area contributed by atoms with E-state index in [-0.39, 0.29) is 42.0 Å². The summed E-state index contributed by atoms with van der Waals surface area (Å²) in [6, 6.07) is 0.332. The molecule has 0 saturated heterocycles. The molecule has 0 aromatic rings. The number of rotatable bonds is 3. The first kappa shape index (κ1) is 18.5. The summed E-state index contributed by atoms with van der Waals surface area (Å²) in [6.45, 7) is 6.10. The second kappa shape index (κ2) is 8.60. The van der Waals surface area contributed by atoms with E-state index in [1.54, 1.807) is 0 Å². The molecule has 0 atom stereocenters. The molecule has 0 bridgehead atoms. The van der Waals surface area contributed by atoms with Gasteiger partial charge in [-0.2, -0.15) is 0 Å². The number of nitrogens with zero attached hydrogens (tertiary/aromatic N) is 1. The van der Waals surface area contributed by atoms with Gasteiger partial charge in [-0.3, -0.25) is 4.79 Å². The normalized spacial score (nSPS) is 17.5. The topological polar surface area (TPSA) is 79.5 Å². The third-order valence-corrected chi connectivity index (χ3v) is 2.87. The number of aliphatic imine (C=N–C) groups is 1. The molecule has 0 aliphatic heterocycles. The maximum absolute atomic E-state index is 11.7. The van der Waals surface area contributed by atoms with Crippen LogP contribution in [0.25, 0.3) is 0 Å². The fourth-order valence-corrected chi connectivity index (χ4v) is 2.10. The van der Waals surface area contributed by atoms with Crippen molar-refractivity contribution in [2.75, 3.05) is 6.54 Å². The highest BCUT2D eigenvalue weighted by Crippen LogP contribution is 2.17. The molecule has 1 rings (SSSR count). The van der Waals surface area contributed by atoms with Gasteiger partial charge in [0.15, 0.2) is 5.96 Å². The first-order chi connectivity index (χ1) is 8.37. The lowest BCUT2D eigenvalue weighted by molar-refractivity contribution is -0.120. The van der Waals surface area contributed by atoms with Gasteiger partial charge in [-0.05, 0) is 33.6 Å². The minimum Gasteiger partial charge on any atom is -0.370 e. The average molecular weight is 382 g/mol. The summed E-state index contributed by atoms with van der Waals surface area (Å²) >= 11 is 0. The summed E-state index contributed by atoms with van der Waals surface area (Å²) in [6.07, 6.45) is 5.88. The zero-order chi connectivity index (χ0) is 13.6. The lowest BCUT2D eigenvalue weighted by atomic mass is 9.95. The van der Waals surface area contributed by atoms with Crippen molar-refractivity contribution < 1.29 is 4.79 Å². The number of amides is 1. The van der Waals surface area contributed by atoms with E-state index in [0.29, 0.717) is 12.0 Å². The summed E-state index contributed by atoms with van der Waals surface area (Å²) in [5.74, 6) is 0.279. The summed E-state index contributed by atoms with van der Waals surface area (Å²) in [4.78, 5) is 15.7. The molecule has 0 aromatic carbocycles. The Morgan fingerprint density at radius 1 is 1.26 bits per heavy atom. The van der Waals surface area contributed by atoms with Gasteiger partial charge in [0.25, 0.3) is 0 Å². The molecule has 4 N–H and O–H groups in total. The zero-order valence-electron chi connectivity index (χ0n) is 12.2. The molecule has 1 fully saturated rings. The maximum atomic E-state index is 11.7. The van der Waals surface area contributed by atoms with Gasteiger partial charge in [0.1, 0.15) is 6.54 Å². The second-order valence-electron chi connectivity index (χ2n) is 5.98. The monoisotopic (exact) mass is 382 g/mol. The highest BCUT2D eigenvalue weighted by Gasteiger charge is 2.15. The van der Waals surface area contributed by atoms with Crippen LogP contribution in [-0.2, 0) is 4.79 Å². The number of guanidine groups is 1. The summed E-state index contributed by atoms with van der Waals surface area (Å²) in [7, 11) is 0. The predicted molar refractivity (Wildman–Crippen MR) is 89.8 cm³/mol. The van der Waals surface area contributed by atoms with Crippen LogP contribution in [0, 0.1) is 0 Å². The Morgan fingerprint density at radius 3 is 2.37 bits per heavy atom. The molecule has 5 nitrogen and oxygen atoms in total. The van der Waals surface area contributed by atoms with Crippen LogP contribution in [0.15, 0.2) is 4.99 Å². The van der Waals surface area contributed by atoms with Crippen molar-refractivity contribution in [3.8, 4) is 0 Å². The number of carbonyl (C=O) groups is 1. The Kier molecular flexibility index (Phi) is 8.36. The average Bonchev–Trinajstić information content (AvgIpc) is 2.25. The van der Waals surface area contributed by atoms with Gasteiger partial charge < -0.3 is 16.4 Å². The fraction of sp³-hybridized carbons (Fsp3) is 0.846. The van der Waals surface area contributed by atoms with Crippen LogP contribution in [0.4, 0.5) is 0 Å². The first-order valence-electron chi connectivity index (χ1n) is 6.74. The number of halogens is 1. The number of hydrogen-bond donors (Lipinski definition) is 3. The van der Waals surface area contributed by atoms with Crippen LogP contribution in [0.3, 0.4) is 0 Å². The van der Waals surface area contributed by atoms with E-state index in [4.69, 9.17) is 5.73 Å². The molecule has 0 aromatic heterocycles. The van der Waals surface area contributed by atoms with E-state index in [1.807, 2.05) is 20.8 Å². The standard InChI is InChI=1S/C13H26N4O.HI/c1-13(2,3)17-12(14)15-9-11(18)16-10-7-5-4-6-8-10;/h10H,4-9H2,1-3H3,(H,16,18)(H3,14,15,17);1H. The number of nitrogens with two attached hydrogens (primary N) is 1. The van der Waals surface area contributed by atoms with E-state index in [0.717, 1.165) is 12.8 Å². The van der Waals surface area contributed by atoms with Crippen LogP contribution >= 0.6 is 24.0 Å². The first-order valence-corrected chi connectivity index (χ1v) is 6.74. The third-order valence-electron chi connectivity index (χ3n) is 2.87. The SMILES string of the molecule is CC(C)(C)NC(N)=NCC(=O)NC1CCCCC1.I. The van der Waals surface area contributed by atoms with Crippen molar-refractivity contribution in [1.82, 2.24) is 10.6 Å². The Labute approximate surface area is 133 Å². The number of hydrogen-bond acceptors (Lipinski definition) is 2. The Morgan fingerprint density at radius 2 is 1.84 bits per heavy atom. The van der Waals surface area contributed by atoms with Gasteiger partial charge in [-0.1, -0.05) is 19.3 Å². The highest BCUT2D eigenvalue weighted by molar-refractivity contribution is 14.0. The van der Waals surface area contributed by atoms with Gasteiger partial charge >= 0.3 is 0 Å². The van der Waals surface area contributed by atoms with E-state index in [2.05, 4.69) is 15.6 Å². The minimum atomic E-state index is -0.132. The van der Waals surface area contributed by atoms with Crippen LogP contribution in [-0.4, -0.2) is 30.0 Å². The molecule has 0 radical (unpaired) electrons. The third kappa shape index (κ3) is 9.07. The molecule has 0 spiro atoms. The van der Waals surface area contributed by atoms with Crippen molar-refractivity contribution >= 4 is 35.8 Å². The molecule has 112 valence electrons. The molecular weight excluding hydrogens is 355 g/mol. The van der Waals surface area contributed by atoms with Crippen molar-refractivity contribution in [1.29, 1.82) is 0 Å². The van der Waals surface area contributed by atoms with E-state index in [9.17, 15) is 4.79 Å². The van der Waals surface area contributed by atoms with Crippen LogP contribution in [0.2, 0.25) is 0 Å². The number of nitrogens with one attached hydrogen (secondary N) is 2. The van der Waals surface area contributed by atoms with Crippen LogP contribution in [0.5, 0.6) is 0 Å². The van der Waals surface area contributed by atoms with Crippen LogP contribution in [0.1, 0.15) is 52.9 Å². The second-order valence-corrected chi connectivity index (χ2v) is 5.98. The lowest BCUT2D eigenvalue weighted by Crippen LogP contribution is -2.45. The molecule has 1 aliphatic rings. The van der Waals surface area contributed by atoms with Gasteiger partial charge in [-0.15, -0.1) is 24.0 Å². The molecule has 0 unspecified atom stereocenters. The summed E-state index contributed by atoms with van der Waals surface area (Å²) in [5.41, 5.74) is 5.57. The van der Waals surface area contributed by atoms with Gasteiger partial charge in [0.05, 0.1) is 0 Å². The Balaban J connectivity index is 0.00000324. The van der Waals surface area contributed by atoms with E-state index in [1.165, 1.54) is 19.3 Å². The zero-order valence-corrected chi connectivity index (χ0v) is 14.5. The minimum absolute atomic E-state index is 0. The van der Waals surface area contributed by atoms with Gasteiger partial charge in [0, 0.05) is 11.6 Å². The molecule has 6 heteroatoms. The summed E-state index contributed by atoms with van der Waals surface area (Å²) in [5, 5.41) is 6.03. The van der Waals surface area contributed by atoms with Crippen molar-refractivity contribution in [2.24, 2.45) is 10.7 Å². The molecule has 1 amide bonds. The lowest BCUT2D eigenvalue weighted by Gasteiger charge is -2.23. The van der Waals surface area contributed by atoms with Gasteiger partial charge in [0.2, 0.25) is 5.91 Å². The molecular formula is C13H27IN4O. The van der Waals surface area contributed by atoms with Crippen LogP contribution < -0.4 is 16.4 Å². The van der Waals surface area contributed by atoms with Gasteiger partial charge in [-0.25, -0.2) is 4.99 Å².